The summed E-state index contributed by atoms with van der Waals surface area (Å²) in [5.74, 6) is 1.69. The Morgan fingerprint density at radius 3 is 0.680 bits per heavy atom. The zero-order valence-corrected chi connectivity index (χ0v) is 33.3. The minimum atomic E-state index is -0.0552. The lowest BCUT2D eigenvalue weighted by Gasteiger charge is -2.31. The number of rotatable bonds is 6. The van der Waals surface area contributed by atoms with Crippen molar-refractivity contribution in [3.8, 4) is 23.0 Å². The fourth-order valence-corrected chi connectivity index (χ4v) is 7.21. The van der Waals surface area contributed by atoms with Crippen LogP contribution in [0.4, 0.5) is 0 Å². The molecule has 4 heteroatoms. The Morgan fingerprint density at radius 2 is 0.540 bits per heavy atom. The average molecular weight is 681 g/mol. The van der Waals surface area contributed by atoms with Crippen LogP contribution in [-0.2, 0) is 21.7 Å². The number of phenolic OH excluding ortho intramolecular Hbond substituents is 4. The van der Waals surface area contributed by atoms with E-state index in [0.29, 0.717) is 23.0 Å². The molecule has 0 amide bonds. The van der Waals surface area contributed by atoms with Gasteiger partial charge in [0.25, 0.3) is 0 Å². The lowest BCUT2D eigenvalue weighted by atomic mass is 9.73. The van der Waals surface area contributed by atoms with Crippen molar-refractivity contribution < 1.29 is 20.4 Å². The molecule has 4 aromatic rings. The molecule has 0 spiro atoms. The highest BCUT2D eigenvalue weighted by molar-refractivity contribution is 5.51. The standard InChI is InChI=1S/2C23H32O2/c2*1-8-17(18-11-9-15(24)13-20(18)22(2,3)4)19-12-10-16(25)14-21(19)23(5,6)7/h2*9-14,17,24-25H,8H2,1-7H3. The summed E-state index contributed by atoms with van der Waals surface area (Å²) in [6.07, 6.45) is 1.92. The Hall–Kier alpha value is -3.92. The largest absolute Gasteiger partial charge is 0.508 e. The van der Waals surface area contributed by atoms with E-state index in [9.17, 15) is 20.4 Å². The molecule has 0 aromatic heterocycles. The van der Waals surface area contributed by atoms with Gasteiger partial charge < -0.3 is 20.4 Å². The highest BCUT2D eigenvalue weighted by Gasteiger charge is 2.30. The van der Waals surface area contributed by atoms with Crippen molar-refractivity contribution in [3.63, 3.8) is 0 Å². The van der Waals surface area contributed by atoms with E-state index in [0.717, 1.165) is 12.8 Å². The number of phenols is 4. The first-order valence-electron chi connectivity index (χ1n) is 18.2. The Morgan fingerprint density at radius 1 is 0.360 bits per heavy atom. The van der Waals surface area contributed by atoms with Crippen molar-refractivity contribution in [2.45, 2.75) is 143 Å². The van der Waals surface area contributed by atoms with Crippen molar-refractivity contribution in [2.24, 2.45) is 0 Å². The van der Waals surface area contributed by atoms with Crippen LogP contribution in [0.3, 0.4) is 0 Å². The zero-order valence-electron chi connectivity index (χ0n) is 33.3. The first-order chi connectivity index (χ1) is 22.9. The first-order valence-corrected chi connectivity index (χ1v) is 18.2. The van der Waals surface area contributed by atoms with Gasteiger partial charge in [0, 0.05) is 11.8 Å². The summed E-state index contributed by atoms with van der Waals surface area (Å²) in [5.41, 5.74) is 9.49. The second kappa shape index (κ2) is 15.1. The maximum absolute atomic E-state index is 10.0. The lowest BCUT2D eigenvalue weighted by molar-refractivity contribution is 0.467. The van der Waals surface area contributed by atoms with Gasteiger partial charge in [-0.1, -0.05) is 121 Å². The Balaban J connectivity index is 0.000000270. The fourth-order valence-electron chi connectivity index (χ4n) is 7.21. The Kier molecular flexibility index (Phi) is 12.3. The molecule has 0 aliphatic rings. The smallest absolute Gasteiger partial charge is 0.115 e. The second-order valence-electron chi connectivity index (χ2n) is 18.0. The molecule has 50 heavy (non-hydrogen) atoms. The first kappa shape index (κ1) is 40.5. The van der Waals surface area contributed by atoms with Crippen LogP contribution in [0, 0.1) is 0 Å². The van der Waals surface area contributed by atoms with Gasteiger partial charge in [-0.15, -0.1) is 0 Å². The summed E-state index contributed by atoms with van der Waals surface area (Å²) < 4.78 is 0. The number of hydrogen-bond donors (Lipinski definition) is 4. The highest BCUT2D eigenvalue weighted by Crippen LogP contribution is 2.43. The van der Waals surface area contributed by atoms with E-state index in [1.54, 1.807) is 24.3 Å². The lowest BCUT2D eigenvalue weighted by Crippen LogP contribution is -2.20. The molecule has 0 saturated carbocycles. The predicted octanol–water partition coefficient (Wildman–Crippen LogP) is 12.5. The second-order valence-corrected chi connectivity index (χ2v) is 18.0. The van der Waals surface area contributed by atoms with Gasteiger partial charge in [-0.3, -0.25) is 0 Å². The normalized spacial score (nSPS) is 12.6. The minimum Gasteiger partial charge on any atom is -0.508 e. The molecule has 4 aromatic carbocycles. The van der Waals surface area contributed by atoms with Crippen LogP contribution >= 0.6 is 0 Å². The maximum atomic E-state index is 10.0. The van der Waals surface area contributed by atoms with E-state index in [4.69, 9.17) is 0 Å². The van der Waals surface area contributed by atoms with Crippen LogP contribution in [-0.4, -0.2) is 20.4 Å². The third-order valence-electron chi connectivity index (χ3n) is 9.70. The van der Waals surface area contributed by atoms with Crippen LogP contribution in [0.2, 0.25) is 0 Å². The molecular weight excluding hydrogens is 617 g/mol. The molecule has 0 bridgehead atoms. The number of benzene rings is 4. The van der Waals surface area contributed by atoms with Crippen LogP contribution in [0.1, 0.15) is 166 Å². The molecule has 0 saturated heterocycles. The van der Waals surface area contributed by atoms with Gasteiger partial charge in [0.05, 0.1) is 0 Å². The van der Waals surface area contributed by atoms with E-state index in [-0.39, 0.29) is 33.5 Å². The van der Waals surface area contributed by atoms with Gasteiger partial charge in [0.1, 0.15) is 23.0 Å². The molecule has 0 unspecified atom stereocenters. The molecule has 272 valence electrons. The fraction of sp³-hybridized carbons (Fsp3) is 0.478. The molecule has 0 radical (unpaired) electrons. The summed E-state index contributed by atoms with van der Waals surface area (Å²) in [6, 6.07) is 23.0. The van der Waals surface area contributed by atoms with Gasteiger partial charge >= 0.3 is 0 Å². The molecule has 4 nitrogen and oxygen atoms in total. The monoisotopic (exact) mass is 680 g/mol. The summed E-state index contributed by atoms with van der Waals surface area (Å²) in [5, 5.41) is 40.1. The molecule has 0 heterocycles. The van der Waals surface area contributed by atoms with Gasteiger partial charge in [0.2, 0.25) is 0 Å². The minimum absolute atomic E-state index is 0.0552. The molecule has 0 atom stereocenters. The van der Waals surface area contributed by atoms with E-state index in [1.165, 1.54) is 44.5 Å². The Bertz CT molecular complexity index is 1500. The highest BCUT2D eigenvalue weighted by atomic mass is 16.3. The summed E-state index contributed by atoms with van der Waals surface area (Å²) in [6.45, 7) is 30.6. The van der Waals surface area contributed by atoms with Gasteiger partial charge in [-0.2, -0.15) is 0 Å². The van der Waals surface area contributed by atoms with Crippen molar-refractivity contribution in [1.29, 1.82) is 0 Å². The molecule has 0 aliphatic heterocycles. The van der Waals surface area contributed by atoms with Crippen molar-refractivity contribution in [1.82, 2.24) is 0 Å². The zero-order chi connectivity index (χ0) is 38.0. The molecule has 0 fully saturated rings. The van der Waals surface area contributed by atoms with E-state index < -0.39 is 0 Å². The van der Waals surface area contributed by atoms with Crippen molar-refractivity contribution >= 4 is 0 Å². The summed E-state index contributed by atoms with van der Waals surface area (Å²) in [7, 11) is 0. The molecule has 0 aliphatic carbocycles. The van der Waals surface area contributed by atoms with Gasteiger partial charge in [0.15, 0.2) is 0 Å². The topological polar surface area (TPSA) is 80.9 Å². The third-order valence-corrected chi connectivity index (χ3v) is 9.70. The van der Waals surface area contributed by atoms with Crippen LogP contribution in [0.5, 0.6) is 23.0 Å². The predicted molar refractivity (Wildman–Crippen MR) is 211 cm³/mol. The van der Waals surface area contributed by atoms with E-state index in [1.807, 2.05) is 24.3 Å². The summed E-state index contributed by atoms with van der Waals surface area (Å²) >= 11 is 0. The summed E-state index contributed by atoms with van der Waals surface area (Å²) in [4.78, 5) is 0. The van der Waals surface area contributed by atoms with E-state index >= 15 is 0 Å². The Labute approximate surface area is 303 Å². The SMILES string of the molecule is CCC(c1ccc(O)cc1C(C)(C)C)c1ccc(O)cc1C(C)(C)C.CCC(c1ccc(O)cc1C(C)(C)C)c1ccc(O)cc1C(C)(C)C. The number of aromatic hydroxyl groups is 4. The van der Waals surface area contributed by atoms with Crippen LogP contribution in [0.15, 0.2) is 72.8 Å². The van der Waals surface area contributed by atoms with Crippen LogP contribution < -0.4 is 0 Å². The maximum Gasteiger partial charge on any atom is 0.115 e. The van der Waals surface area contributed by atoms with Gasteiger partial charge in [-0.25, -0.2) is 0 Å². The van der Waals surface area contributed by atoms with Gasteiger partial charge in [-0.05, 0) is 128 Å². The average Bonchev–Trinajstić information content (AvgIpc) is 2.99. The van der Waals surface area contributed by atoms with Crippen LogP contribution in [0.25, 0.3) is 0 Å². The molecular formula is C46H64O4. The van der Waals surface area contributed by atoms with Crippen molar-refractivity contribution in [3.05, 3.63) is 117 Å². The van der Waals surface area contributed by atoms with E-state index in [2.05, 4.69) is 121 Å². The van der Waals surface area contributed by atoms with Crippen molar-refractivity contribution in [2.75, 3.05) is 0 Å². The quantitative estimate of drug-likeness (QED) is 0.163. The third kappa shape index (κ3) is 9.65. The molecule has 4 rings (SSSR count). The molecule has 4 N–H and O–H groups in total. The number of hydrogen-bond acceptors (Lipinski definition) is 4.